The van der Waals surface area contributed by atoms with Crippen LogP contribution in [0.2, 0.25) is 0 Å². The Bertz CT molecular complexity index is 331. The summed E-state index contributed by atoms with van der Waals surface area (Å²) in [4.78, 5) is 23.0. The lowest BCUT2D eigenvalue weighted by molar-refractivity contribution is -0.139. The van der Waals surface area contributed by atoms with Crippen molar-refractivity contribution in [1.29, 1.82) is 0 Å². The average Bonchev–Trinajstić information content (AvgIpc) is 2.40. The van der Waals surface area contributed by atoms with E-state index < -0.39 is 12.0 Å². The predicted octanol–water partition coefficient (Wildman–Crippen LogP) is 2.25. The minimum Gasteiger partial charge on any atom is -0.481 e. The molecule has 0 unspecified atom stereocenters. The van der Waals surface area contributed by atoms with E-state index in [1.807, 2.05) is 13.8 Å². The summed E-state index contributed by atoms with van der Waals surface area (Å²) in [5.74, 6) is -0.327. The van der Waals surface area contributed by atoms with Crippen molar-refractivity contribution in [3.63, 3.8) is 0 Å². The first-order valence-corrected chi connectivity index (χ1v) is 7.95. The molecule has 0 heterocycles. The third kappa shape index (κ3) is 7.46. The van der Waals surface area contributed by atoms with Crippen molar-refractivity contribution in [1.82, 2.24) is 5.32 Å². The second-order valence-electron chi connectivity index (χ2n) is 6.50. The van der Waals surface area contributed by atoms with Gasteiger partial charge in [-0.25, -0.2) is 0 Å². The smallest absolute Gasteiger partial charge is 0.303 e. The topological polar surface area (TPSA) is 92.4 Å². The number of hydrogen-bond donors (Lipinski definition) is 3. The van der Waals surface area contributed by atoms with Gasteiger partial charge in [0.05, 0.1) is 12.5 Å². The van der Waals surface area contributed by atoms with Crippen LogP contribution in [0, 0.1) is 23.7 Å². The molecule has 0 aromatic heterocycles. The molecule has 21 heavy (non-hydrogen) atoms. The zero-order valence-electron chi connectivity index (χ0n) is 14.1. The monoisotopic (exact) mass is 300 g/mol. The van der Waals surface area contributed by atoms with Gasteiger partial charge in [-0.2, -0.15) is 0 Å². The number of carbonyl (C=O) groups is 2. The maximum Gasteiger partial charge on any atom is 0.303 e. The summed E-state index contributed by atoms with van der Waals surface area (Å²) in [6.45, 7) is 10.5. The van der Waals surface area contributed by atoms with Crippen LogP contribution in [-0.4, -0.2) is 29.6 Å². The van der Waals surface area contributed by atoms with Crippen LogP contribution in [0.15, 0.2) is 0 Å². The lowest BCUT2D eigenvalue weighted by Crippen LogP contribution is -2.46. The van der Waals surface area contributed by atoms with Crippen LogP contribution in [0.25, 0.3) is 0 Å². The Morgan fingerprint density at radius 2 is 1.76 bits per heavy atom. The van der Waals surface area contributed by atoms with Crippen molar-refractivity contribution >= 4 is 11.9 Å². The van der Waals surface area contributed by atoms with E-state index in [1.54, 1.807) is 0 Å². The molecular weight excluding hydrogens is 268 g/mol. The molecule has 0 fully saturated rings. The van der Waals surface area contributed by atoms with Crippen molar-refractivity contribution in [2.75, 3.05) is 6.54 Å². The van der Waals surface area contributed by atoms with E-state index in [0.717, 1.165) is 12.8 Å². The fourth-order valence-electron chi connectivity index (χ4n) is 2.50. The molecule has 0 aliphatic rings. The van der Waals surface area contributed by atoms with Crippen LogP contribution < -0.4 is 11.1 Å². The van der Waals surface area contributed by atoms with E-state index in [0.29, 0.717) is 12.5 Å². The van der Waals surface area contributed by atoms with Crippen molar-refractivity contribution in [2.45, 2.75) is 59.9 Å². The standard InChI is InChI=1S/C16H32N2O3/c1-6-7-11(4)12(5)13(8-14(19)20)9-18-16(21)15(17)10(2)3/h10-13,15H,6-9,17H2,1-5H3,(H,18,21)(H,19,20)/t11-,12-,13+,15+/m1/s1. The van der Waals surface area contributed by atoms with Gasteiger partial charge in [0.1, 0.15) is 0 Å². The van der Waals surface area contributed by atoms with Crippen LogP contribution in [0.1, 0.15) is 53.9 Å². The summed E-state index contributed by atoms with van der Waals surface area (Å²) in [5.41, 5.74) is 5.80. The lowest BCUT2D eigenvalue weighted by atomic mass is 9.80. The molecule has 4 N–H and O–H groups in total. The second-order valence-corrected chi connectivity index (χ2v) is 6.50. The van der Waals surface area contributed by atoms with Gasteiger partial charge in [-0.15, -0.1) is 0 Å². The number of carboxylic acid groups (broad SMARTS) is 1. The predicted molar refractivity (Wildman–Crippen MR) is 84.8 cm³/mol. The lowest BCUT2D eigenvalue weighted by Gasteiger charge is -2.28. The number of nitrogens with two attached hydrogens (primary N) is 1. The maximum absolute atomic E-state index is 11.9. The number of carbonyl (C=O) groups excluding carboxylic acids is 1. The molecule has 0 saturated heterocycles. The Morgan fingerprint density at radius 3 is 2.19 bits per heavy atom. The molecule has 0 aromatic rings. The van der Waals surface area contributed by atoms with Gasteiger partial charge in [-0.1, -0.05) is 47.5 Å². The Kier molecular flexibility index (Phi) is 9.26. The van der Waals surface area contributed by atoms with Crippen LogP contribution in [0.5, 0.6) is 0 Å². The molecular formula is C16H32N2O3. The van der Waals surface area contributed by atoms with E-state index in [4.69, 9.17) is 10.8 Å². The SMILES string of the molecule is CCC[C@@H](C)[C@@H](C)[C@H](CNC(=O)[C@@H](N)C(C)C)CC(=O)O. The van der Waals surface area contributed by atoms with Gasteiger partial charge in [0.15, 0.2) is 0 Å². The van der Waals surface area contributed by atoms with E-state index in [1.165, 1.54) is 0 Å². The van der Waals surface area contributed by atoms with Crippen LogP contribution in [0.4, 0.5) is 0 Å². The molecule has 0 aromatic carbocycles. The molecule has 124 valence electrons. The molecule has 0 aliphatic carbocycles. The highest BCUT2D eigenvalue weighted by atomic mass is 16.4. The minimum atomic E-state index is -0.821. The zero-order valence-corrected chi connectivity index (χ0v) is 14.1. The highest BCUT2D eigenvalue weighted by molar-refractivity contribution is 5.81. The maximum atomic E-state index is 11.9. The summed E-state index contributed by atoms with van der Waals surface area (Å²) >= 11 is 0. The molecule has 0 bridgehead atoms. The zero-order chi connectivity index (χ0) is 16.6. The molecule has 4 atom stereocenters. The van der Waals surface area contributed by atoms with E-state index in [-0.39, 0.29) is 30.1 Å². The van der Waals surface area contributed by atoms with Crippen LogP contribution >= 0.6 is 0 Å². The Hall–Kier alpha value is -1.10. The Labute approximate surface area is 128 Å². The summed E-state index contributed by atoms with van der Waals surface area (Å²) in [6, 6.07) is -0.543. The fraction of sp³-hybridized carbons (Fsp3) is 0.875. The first-order chi connectivity index (χ1) is 9.70. The van der Waals surface area contributed by atoms with Crippen molar-refractivity contribution < 1.29 is 14.7 Å². The molecule has 1 amide bonds. The number of carboxylic acids is 1. The average molecular weight is 300 g/mol. The number of nitrogens with one attached hydrogen (secondary N) is 1. The number of amides is 1. The number of rotatable bonds is 10. The molecule has 5 heteroatoms. The number of aliphatic carboxylic acids is 1. The molecule has 0 spiro atoms. The first kappa shape index (κ1) is 19.9. The summed E-state index contributed by atoms with van der Waals surface area (Å²) in [6.07, 6.45) is 2.22. The van der Waals surface area contributed by atoms with E-state index >= 15 is 0 Å². The minimum absolute atomic E-state index is 0.0626. The molecule has 0 saturated carbocycles. The Balaban J connectivity index is 4.63. The van der Waals surface area contributed by atoms with Gasteiger partial charge in [0, 0.05) is 6.54 Å². The van der Waals surface area contributed by atoms with Gasteiger partial charge in [0.2, 0.25) is 5.91 Å². The van der Waals surface area contributed by atoms with Gasteiger partial charge < -0.3 is 16.2 Å². The second kappa shape index (κ2) is 9.77. The fourth-order valence-corrected chi connectivity index (χ4v) is 2.50. The molecule has 0 radical (unpaired) electrons. The van der Waals surface area contributed by atoms with Crippen molar-refractivity contribution in [3.8, 4) is 0 Å². The third-order valence-electron chi connectivity index (χ3n) is 4.38. The highest BCUT2D eigenvalue weighted by Gasteiger charge is 2.26. The quantitative estimate of drug-likeness (QED) is 0.577. The normalized spacial score (nSPS) is 17.1. The van der Waals surface area contributed by atoms with Crippen LogP contribution in [0.3, 0.4) is 0 Å². The molecule has 0 rings (SSSR count). The summed E-state index contributed by atoms with van der Waals surface area (Å²) < 4.78 is 0. The third-order valence-corrected chi connectivity index (χ3v) is 4.38. The molecule has 5 nitrogen and oxygen atoms in total. The first-order valence-electron chi connectivity index (χ1n) is 7.95. The van der Waals surface area contributed by atoms with Crippen molar-refractivity contribution in [3.05, 3.63) is 0 Å². The van der Waals surface area contributed by atoms with Gasteiger partial charge in [0.25, 0.3) is 0 Å². The summed E-state index contributed by atoms with van der Waals surface area (Å²) in [5, 5.41) is 11.9. The number of hydrogen-bond acceptors (Lipinski definition) is 3. The summed E-state index contributed by atoms with van der Waals surface area (Å²) in [7, 11) is 0. The van der Waals surface area contributed by atoms with Gasteiger partial charge in [-0.05, 0) is 23.7 Å². The van der Waals surface area contributed by atoms with Crippen molar-refractivity contribution in [2.24, 2.45) is 29.4 Å². The van der Waals surface area contributed by atoms with Gasteiger partial charge >= 0.3 is 5.97 Å². The highest BCUT2D eigenvalue weighted by Crippen LogP contribution is 2.26. The van der Waals surface area contributed by atoms with E-state index in [9.17, 15) is 9.59 Å². The Morgan fingerprint density at radius 1 is 1.19 bits per heavy atom. The largest absolute Gasteiger partial charge is 0.481 e. The van der Waals surface area contributed by atoms with Crippen LogP contribution in [-0.2, 0) is 9.59 Å². The molecule has 0 aliphatic heterocycles. The van der Waals surface area contributed by atoms with Gasteiger partial charge in [-0.3, -0.25) is 9.59 Å². The van der Waals surface area contributed by atoms with E-state index in [2.05, 4.69) is 26.1 Å².